The van der Waals surface area contributed by atoms with Crippen LogP contribution in [-0.2, 0) is 11.2 Å². The van der Waals surface area contributed by atoms with Gasteiger partial charge in [0.05, 0.1) is 0 Å². The Hall–Kier alpha value is -1.71. The summed E-state index contributed by atoms with van der Waals surface area (Å²) in [6.45, 7) is 6.66. The molecule has 104 valence electrons. The molecule has 1 N–H and O–H groups in total. The van der Waals surface area contributed by atoms with Crippen molar-refractivity contribution in [1.82, 2.24) is 0 Å². The van der Waals surface area contributed by atoms with Gasteiger partial charge in [-0.15, -0.1) is 0 Å². The van der Waals surface area contributed by atoms with Crippen molar-refractivity contribution in [2.75, 3.05) is 23.8 Å². The number of aryl methyl sites for hydroxylation is 1. The Labute approximate surface area is 114 Å². The summed E-state index contributed by atoms with van der Waals surface area (Å²) in [5.74, 6) is 0. The minimum absolute atomic E-state index is 0.406. The zero-order valence-electron chi connectivity index (χ0n) is 12.1. The third-order valence-electron chi connectivity index (χ3n) is 3.08. The molecular formula is C15H22N2O2. The van der Waals surface area contributed by atoms with Gasteiger partial charge in [0.25, 0.3) is 0 Å². The van der Waals surface area contributed by atoms with Gasteiger partial charge in [0.1, 0.15) is 5.60 Å². The molecule has 1 amide bonds. The molecule has 1 heterocycles. The van der Waals surface area contributed by atoms with E-state index in [-0.39, 0.29) is 0 Å². The first kappa shape index (κ1) is 13.7. The fourth-order valence-corrected chi connectivity index (χ4v) is 2.28. The molecule has 0 saturated carbocycles. The molecule has 0 bridgehead atoms. The van der Waals surface area contributed by atoms with E-state index in [9.17, 15) is 4.79 Å². The number of anilines is 2. The highest BCUT2D eigenvalue weighted by Crippen LogP contribution is 2.28. The Bertz CT molecular complexity index is 478. The molecule has 1 aliphatic heterocycles. The van der Waals surface area contributed by atoms with Crippen molar-refractivity contribution in [1.29, 1.82) is 0 Å². The summed E-state index contributed by atoms with van der Waals surface area (Å²) in [7, 11) is 2.10. The summed E-state index contributed by atoms with van der Waals surface area (Å²) in [5, 5.41) is 2.78. The van der Waals surface area contributed by atoms with Gasteiger partial charge < -0.3 is 9.64 Å². The number of hydrogen-bond donors (Lipinski definition) is 1. The molecule has 2 rings (SSSR count). The molecule has 19 heavy (non-hydrogen) atoms. The van der Waals surface area contributed by atoms with E-state index in [2.05, 4.69) is 23.3 Å². The van der Waals surface area contributed by atoms with Crippen LogP contribution in [0.4, 0.5) is 16.2 Å². The first-order valence-corrected chi connectivity index (χ1v) is 6.69. The molecule has 0 saturated heterocycles. The quantitative estimate of drug-likeness (QED) is 0.843. The predicted molar refractivity (Wildman–Crippen MR) is 77.9 cm³/mol. The predicted octanol–water partition coefficient (Wildman–Crippen LogP) is 3.42. The van der Waals surface area contributed by atoms with E-state index < -0.39 is 11.7 Å². The Morgan fingerprint density at radius 3 is 2.79 bits per heavy atom. The van der Waals surface area contributed by atoms with Gasteiger partial charge in [-0.05, 0) is 57.4 Å². The molecule has 1 aliphatic rings. The lowest BCUT2D eigenvalue weighted by molar-refractivity contribution is 0.0636. The first-order chi connectivity index (χ1) is 8.85. The van der Waals surface area contributed by atoms with Gasteiger partial charge in [-0.3, -0.25) is 5.32 Å². The second-order valence-corrected chi connectivity index (χ2v) is 6.00. The van der Waals surface area contributed by atoms with E-state index in [0.29, 0.717) is 0 Å². The number of nitrogens with one attached hydrogen (secondary N) is 1. The zero-order valence-corrected chi connectivity index (χ0v) is 12.1. The maximum absolute atomic E-state index is 11.7. The number of benzene rings is 1. The van der Waals surface area contributed by atoms with Crippen molar-refractivity contribution in [3.05, 3.63) is 23.8 Å². The minimum Gasteiger partial charge on any atom is -0.444 e. The van der Waals surface area contributed by atoms with Gasteiger partial charge in [0.2, 0.25) is 0 Å². The molecule has 0 spiro atoms. The van der Waals surface area contributed by atoms with Crippen LogP contribution in [0, 0.1) is 0 Å². The normalized spacial score (nSPS) is 14.8. The Morgan fingerprint density at radius 1 is 1.37 bits per heavy atom. The number of carbonyl (C=O) groups is 1. The third kappa shape index (κ3) is 3.63. The fraction of sp³-hybridized carbons (Fsp3) is 0.533. The molecule has 0 unspecified atom stereocenters. The number of hydrogen-bond acceptors (Lipinski definition) is 3. The summed E-state index contributed by atoms with van der Waals surface area (Å²) in [6.07, 6.45) is 1.81. The molecule has 4 nitrogen and oxygen atoms in total. The van der Waals surface area contributed by atoms with Gasteiger partial charge in [-0.25, -0.2) is 4.79 Å². The third-order valence-corrected chi connectivity index (χ3v) is 3.08. The summed E-state index contributed by atoms with van der Waals surface area (Å²) >= 11 is 0. The van der Waals surface area contributed by atoms with Gasteiger partial charge in [0.15, 0.2) is 0 Å². The molecular weight excluding hydrogens is 240 g/mol. The van der Waals surface area contributed by atoms with E-state index in [1.165, 1.54) is 11.3 Å². The minimum atomic E-state index is -0.474. The lowest BCUT2D eigenvalue weighted by Crippen LogP contribution is -2.27. The Morgan fingerprint density at radius 2 is 2.11 bits per heavy atom. The average Bonchev–Trinajstić information content (AvgIpc) is 2.26. The van der Waals surface area contributed by atoms with Crippen LogP contribution in [-0.4, -0.2) is 25.3 Å². The number of ether oxygens (including phenoxy) is 1. The average molecular weight is 262 g/mol. The van der Waals surface area contributed by atoms with Crippen LogP contribution in [0.1, 0.15) is 32.8 Å². The van der Waals surface area contributed by atoms with Gasteiger partial charge in [0, 0.05) is 25.0 Å². The first-order valence-electron chi connectivity index (χ1n) is 6.69. The number of rotatable bonds is 1. The summed E-state index contributed by atoms with van der Waals surface area (Å²) in [5.41, 5.74) is 2.85. The molecule has 1 aromatic rings. The van der Waals surface area contributed by atoms with Crippen molar-refractivity contribution in [3.63, 3.8) is 0 Å². The lowest BCUT2D eigenvalue weighted by Gasteiger charge is -2.28. The highest BCUT2D eigenvalue weighted by Gasteiger charge is 2.18. The van der Waals surface area contributed by atoms with E-state index in [1.54, 1.807) is 0 Å². The largest absolute Gasteiger partial charge is 0.444 e. The summed E-state index contributed by atoms with van der Waals surface area (Å²) < 4.78 is 5.25. The molecule has 0 radical (unpaired) electrons. The number of amides is 1. The van der Waals surface area contributed by atoms with Crippen molar-refractivity contribution in [2.24, 2.45) is 0 Å². The molecule has 4 heteroatoms. The van der Waals surface area contributed by atoms with E-state index in [1.807, 2.05) is 32.9 Å². The molecule has 0 fully saturated rings. The summed E-state index contributed by atoms with van der Waals surface area (Å²) in [6, 6.07) is 6.01. The van der Waals surface area contributed by atoms with Crippen LogP contribution in [0.25, 0.3) is 0 Å². The molecule has 1 aromatic carbocycles. The molecule has 0 aromatic heterocycles. The SMILES string of the molecule is CN1CCCc2cc(NC(=O)OC(C)(C)C)ccc21. The standard InChI is InChI=1S/C15H22N2O2/c1-15(2,3)19-14(18)16-12-7-8-13-11(10-12)6-5-9-17(13)4/h7-8,10H,5-6,9H2,1-4H3,(H,16,18). The lowest BCUT2D eigenvalue weighted by atomic mass is 10.0. The van der Waals surface area contributed by atoms with Crippen molar-refractivity contribution in [2.45, 2.75) is 39.2 Å². The second-order valence-electron chi connectivity index (χ2n) is 6.00. The van der Waals surface area contributed by atoms with Crippen molar-refractivity contribution < 1.29 is 9.53 Å². The second kappa shape index (κ2) is 5.11. The Kier molecular flexibility index (Phi) is 3.69. The maximum Gasteiger partial charge on any atom is 0.412 e. The van der Waals surface area contributed by atoms with Crippen molar-refractivity contribution in [3.8, 4) is 0 Å². The van der Waals surface area contributed by atoms with Crippen LogP contribution in [0.5, 0.6) is 0 Å². The van der Waals surface area contributed by atoms with Gasteiger partial charge in [-0.1, -0.05) is 0 Å². The highest BCUT2D eigenvalue weighted by atomic mass is 16.6. The smallest absolute Gasteiger partial charge is 0.412 e. The topological polar surface area (TPSA) is 41.6 Å². The Balaban J connectivity index is 2.08. The molecule has 0 atom stereocenters. The van der Waals surface area contributed by atoms with Gasteiger partial charge >= 0.3 is 6.09 Å². The van der Waals surface area contributed by atoms with Crippen LogP contribution in [0.15, 0.2) is 18.2 Å². The zero-order chi connectivity index (χ0) is 14.0. The highest BCUT2D eigenvalue weighted by molar-refractivity contribution is 5.85. The maximum atomic E-state index is 11.7. The van der Waals surface area contributed by atoms with Crippen molar-refractivity contribution >= 4 is 17.5 Å². The van der Waals surface area contributed by atoms with Crippen LogP contribution < -0.4 is 10.2 Å². The van der Waals surface area contributed by atoms with Crippen LogP contribution in [0.3, 0.4) is 0 Å². The molecule has 0 aliphatic carbocycles. The van der Waals surface area contributed by atoms with E-state index in [4.69, 9.17) is 4.74 Å². The van der Waals surface area contributed by atoms with Crippen LogP contribution >= 0.6 is 0 Å². The van der Waals surface area contributed by atoms with E-state index in [0.717, 1.165) is 25.1 Å². The van der Waals surface area contributed by atoms with Gasteiger partial charge in [-0.2, -0.15) is 0 Å². The number of fused-ring (bicyclic) bond motifs is 1. The van der Waals surface area contributed by atoms with E-state index >= 15 is 0 Å². The number of carbonyl (C=O) groups excluding carboxylic acids is 1. The summed E-state index contributed by atoms with van der Waals surface area (Å²) in [4.78, 5) is 14.0. The monoisotopic (exact) mass is 262 g/mol. The number of nitrogens with zero attached hydrogens (tertiary/aromatic N) is 1. The fourth-order valence-electron chi connectivity index (χ4n) is 2.28. The van der Waals surface area contributed by atoms with Crippen LogP contribution in [0.2, 0.25) is 0 Å².